The van der Waals surface area contributed by atoms with E-state index in [2.05, 4.69) is 5.10 Å². The van der Waals surface area contributed by atoms with Crippen molar-refractivity contribution in [2.75, 3.05) is 0 Å². The molecule has 2 nitrogen and oxygen atoms in total. The molecule has 0 radical (unpaired) electrons. The highest BCUT2D eigenvalue weighted by Gasteiger charge is 2.00. The van der Waals surface area contributed by atoms with Crippen LogP contribution in [0.15, 0.2) is 23.3 Å². The molecule has 0 spiro atoms. The second kappa shape index (κ2) is 3.34. The third-order valence-corrected chi connectivity index (χ3v) is 1.77. The van der Waals surface area contributed by atoms with Crippen molar-refractivity contribution in [3.8, 4) is 0 Å². The van der Waals surface area contributed by atoms with Gasteiger partial charge in [-0.25, -0.2) is 4.39 Å². The van der Waals surface area contributed by atoms with Crippen LogP contribution in [0.25, 0.3) is 0 Å². The minimum atomic E-state index is -0.205. The van der Waals surface area contributed by atoms with Crippen molar-refractivity contribution < 1.29 is 4.39 Å². The van der Waals surface area contributed by atoms with Gasteiger partial charge in [-0.2, -0.15) is 5.10 Å². The predicted molar refractivity (Wildman–Crippen MR) is 47.5 cm³/mol. The van der Waals surface area contributed by atoms with Crippen LogP contribution in [-0.4, -0.2) is 5.71 Å². The molecule has 12 heavy (non-hydrogen) atoms. The third-order valence-electron chi connectivity index (χ3n) is 1.77. The number of hydrazone groups is 1. The highest BCUT2D eigenvalue weighted by atomic mass is 19.1. The van der Waals surface area contributed by atoms with Crippen LogP contribution in [0, 0.1) is 12.7 Å². The number of rotatable bonds is 1. The van der Waals surface area contributed by atoms with E-state index in [4.69, 9.17) is 5.84 Å². The van der Waals surface area contributed by atoms with E-state index >= 15 is 0 Å². The van der Waals surface area contributed by atoms with E-state index in [1.54, 1.807) is 26.0 Å². The van der Waals surface area contributed by atoms with Gasteiger partial charge in [-0.05, 0) is 37.1 Å². The van der Waals surface area contributed by atoms with Crippen molar-refractivity contribution in [1.29, 1.82) is 0 Å². The summed E-state index contributed by atoms with van der Waals surface area (Å²) >= 11 is 0. The first-order valence-corrected chi connectivity index (χ1v) is 3.66. The molecule has 0 unspecified atom stereocenters. The maximum absolute atomic E-state index is 12.8. The number of hydrogen-bond acceptors (Lipinski definition) is 2. The Kier molecular flexibility index (Phi) is 2.43. The molecule has 1 aromatic carbocycles. The summed E-state index contributed by atoms with van der Waals surface area (Å²) in [5.41, 5.74) is 2.17. The van der Waals surface area contributed by atoms with Crippen molar-refractivity contribution in [2.45, 2.75) is 13.8 Å². The third kappa shape index (κ3) is 1.61. The molecule has 0 atom stereocenters. The number of nitrogens with zero attached hydrogens (tertiary/aromatic N) is 1. The summed E-state index contributed by atoms with van der Waals surface area (Å²) in [7, 11) is 0. The lowest BCUT2D eigenvalue weighted by Crippen LogP contribution is -1.99. The molecule has 1 rings (SSSR count). The molecule has 0 aliphatic heterocycles. The van der Waals surface area contributed by atoms with E-state index < -0.39 is 0 Å². The van der Waals surface area contributed by atoms with Crippen molar-refractivity contribution >= 4 is 5.71 Å². The lowest BCUT2D eigenvalue weighted by Gasteiger charge is -2.01. The lowest BCUT2D eigenvalue weighted by atomic mass is 10.1. The first-order valence-electron chi connectivity index (χ1n) is 3.66. The normalized spacial score (nSPS) is 11.8. The fourth-order valence-electron chi connectivity index (χ4n) is 0.944. The molecule has 0 bridgehead atoms. The van der Waals surface area contributed by atoms with Crippen molar-refractivity contribution in [3.05, 3.63) is 35.1 Å². The zero-order chi connectivity index (χ0) is 9.14. The van der Waals surface area contributed by atoms with E-state index in [1.807, 2.05) is 0 Å². The fourth-order valence-corrected chi connectivity index (χ4v) is 0.944. The summed E-state index contributed by atoms with van der Waals surface area (Å²) in [5.74, 6) is 4.88. The smallest absolute Gasteiger partial charge is 0.126 e. The molecule has 0 saturated carbocycles. The van der Waals surface area contributed by atoms with Crippen LogP contribution in [0.5, 0.6) is 0 Å². The standard InChI is InChI=1S/C9H11FN2/c1-6-5-8(7(2)12-11)3-4-9(6)10/h3-5H,11H2,1-2H3/b12-7-. The Morgan fingerprint density at radius 3 is 2.67 bits per heavy atom. The van der Waals surface area contributed by atoms with Gasteiger partial charge in [0.25, 0.3) is 0 Å². The average molecular weight is 166 g/mol. The van der Waals surface area contributed by atoms with E-state index in [0.29, 0.717) is 11.3 Å². The molecule has 0 aliphatic rings. The van der Waals surface area contributed by atoms with Crippen LogP contribution in [0.4, 0.5) is 4.39 Å². The van der Waals surface area contributed by atoms with Crippen LogP contribution in [0.2, 0.25) is 0 Å². The maximum Gasteiger partial charge on any atom is 0.126 e. The van der Waals surface area contributed by atoms with Crippen LogP contribution < -0.4 is 5.84 Å². The van der Waals surface area contributed by atoms with E-state index in [-0.39, 0.29) is 5.82 Å². The minimum Gasteiger partial charge on any atom is -0.323 e. The van der Waals surface area contributed by atoms with Crippen molar-refractivity contribution in [1.82, 2.24) is 0 Å². The molecule has 0 heterocycles. The van der Waals surface area contributed by atoms with Gasteiger partial charge >= 0.3 is 0 Å². The first-order chi connectivity index (χ1) is 5.65. The molecular formula is C9H11FN2. The number of nitrogens with two attached hydrogens (primary N) is 1. The van der Waals surface area contributed by atoms with Crippen LogP contribution in [-0.2, 0) is 0 Å². The van der Waals surface area contributed by atoms with Gasteiger partial charge in [0.15, 0.2) is 0 Å². The molecule has 0 aromatic heterocycles. The van der Waals surface area contributed by atoms with Gasteiger partial charge in [0.1, 0.15) is 5.82 Å². The van der Waals surface area contributed by atoms with Gasteiger partial charge in [-0.1, -0.05) is 6.07 Å². The Morgan fingerprint density at radius 2 is 2.17 bits per heavy atom. The molecule has 2 N–H and O–H groups in total. The summed E-state index contributed by atoms with van der Waals surface area (Å²) in [5, 5.41) is 3.52. The molecule has 3 heteroatoms. The van der Waals surface area contributed by atoms with E-state index in [9.17, 15) is 4.39 Å². The average Bonchev–Trinajstić information content (AvgIpc) is 2.08. The quantitative estimate of drug-likeness (QED) is 0.385. The zero-order valence-electron chi connectivity index (χ0n) is 7.13. The number of halogens is 1. The molecule has 0 aliphatic carbocycles. The summed E-state index contributed by atoms with van der Waals surface area (Å²) in [6.07, 6.45) is 0. The van der Waals surface area contributed by atoms with E-state index in [0.717, 1.165) is 5.56 Å². The van der Waals surface area contributed by atoms with Gasteiger partial charge in [-0.3, -0.25) is 0 Å². The SMILES string of the molecule is C/C(=N/N)c1ccc(F)c(C)c1. The lowest BCUT2D eigenvalue weighted by molar-refractivity contribution is 0.618. The molecule has 64 valence electrons. The van der Waals surface area contributed by atoms with Crippen molar-refractivity contribution in [3.63, 3.8) is 0 Å². The zero-order valence-corrected chi connectivity index (χ0v) is 7.13. The van der Waals surface area contributed by atoms with Crippen LogP contribution in [0.1, 0.15) is 18.1 Å². The minimum absolute atomic E-state index is 0.205. The predicted octanol–water partition coefficient (Wildman–Crippen LogP) is 1.82. The maximum atomic E-state index is 12.8. The number of hydrogen-bond donors (Lipinski definition) is 1. The van der Waals surface area contributed by atoms with Crippen molar-refractivity contribution in [2.24, 2.45) is 10.9 Å². The number of aryl methyl sites for hydroxylation is 1. The second-order valence-electron chi connectivity index (χ2n) is 2.68. The largest absolute Gasteiger partial charge is 0.323 e. The monoisotopic (exact) mass is 166 g/mol. The summed E-state index contributed by atoms with van der Waals surface area (Å²) in [6.45, 7) is 3.50. The van der Waals surface area contributed by atoms with Gasteiger partial charge in [-0.15, -0.1) is 0 Å². The topological polar surface area (TPSA) is 38.4 Å². The second-order valence-corrected chi connectivity index (χ2v) is 2.68. The highest BCUT2D eigenvalue weighted by Crippen LogP contribution is 2.09. The summed E-state index contributed by atoms with van der Waals surface area (Å²) in [6, 6.07) is 4.80. The molecule has 1 aromatic rings. The Labute approximate surface area is 70.9 Å². The Bertz CT molecular complexity index is 318. The van der Waals surface area contributed by atoms with Gasteiger partial charge in [0, 0.05) is 0 Å². The van der Waals surface area contributed by atoms with Gasteiger partial charge in [0.2, 0.25) is 0 Å². The van der Waals surface area contributed by atoms with Crippen LogP contribution in [0.3, 0.4) is 0 Å². The van der Waals surface area contributed by atoms with Gasteiger partial charge in [0.05, 0.1) is 5.71 Å². The Balaban J connectivity index is 3.13. The molecular weight excluding hydrogens is 155 g/mol. The Morgan fingerprint density at radius 1 is 1.50 bits per heavy atom. The van der Waals surface area contributed by atoms with E-state index in [1.165, 1.54) is 6.07 Å². The molecule has 0 fully saturated rings. The summed E-state index contributed by atoms with van der Waals surface area (Å²) in [4.78, 5) is 0. The Hall–Kier alpha value is -1.38. The van der Waals surface area contributed by atoms with Crippen LogP contribution >= 0.6 is 0 Å². The highest BCUT2D eigenvalue weighted by molar-refractivity contribution is 5.98. The first kappa shape index (κ1) is 8.71. The van der Waals surface area contributed by atoms with Gasteiger partial charge < -0.3 is 5.84 Å². The molecule has 0 amide bonds. The summed E-state index contributed by atoms with van der Waals surface area (Å²) < 4.78 is 12.8. The fraction of sp³-hybridized carbons (Fsp3) is 0.222. The molecule has 0 saturated heterocycles. The number of benzene rings is 1.